The quantitative estimate of drug-likeness (QED) is 0.282. The van der Waals surface area contributed by atoms with Crippen LogP contribution in [0.1, 0.15) is 15.9 Å². The van der Waals surface area contributed by atoms with Crippen LogP contribution in [0.5, 0.6) is 17.2 Å². The Bertz CT molecular complexity index is 1560. The summed E-state index contributed by atoms with van der Waals surface area (Å²) in [5.41, 5.74) is 6.06. The molecule has 1 amide bonds. The van der Waals surface area contributed by atoms with E-state index >= 15 is 0 Å². The predicted molar refractivity (Wildman–Crippen MR) is 148 cm³/mol. The molecule has 0 aliphatic rings. The molecule has 4 aromatic carbocycles. The second-order valence-electron chi connectivity index (χ2n) is 8.61. The van der Waals surface area contributed by atoms with Crippen LogP contribution < -0.4 is 19.5 Å². The first-order chi connectivity index (χ1) is 18.6. The molecule has 1 heterocycles. The lowest BCUT2D eigenvalue weighted by Gasteiger charge is -2.12. The van der Waals surface area contributed by atoms with Crippen molar-refractivity contribution in [3.63, 3.8) is 0 Å². The summed E-state index contributed by atoms with van der Waals surface area (Å²) in [7, 11) is 4.90. The maximum Gasteiger partial charge on any atom is 0.251 e. The summed E-state index contributed by atoms with van der Waals surface area (Å²) in [5.74, 6) is 2.10. The van der Waals surface area contributed by atoms with Crippen molar-refractivity contribution in [3.8, 4) is 39.8 Å². The van der Waals surface area contributed by atoms with Gasteiger partial charge in [0.05, 0.1) is 43.8 Å². The Kier molecular flexibility index (Phi) is 7.17. The first-order valence-corrected chi connectivity index (χ1v) is 12.1. The third-order valence-corrected chi connectivity index (χ3v) is 6.27. The Balaban J connectivity index is 1.50. The number of aromatic nitrogens is 2. The Morgan fingerprint density at radius 1 is 0.632 bits per heavy atom. The van der Waals surface area contributed by atoms with Crippen molar-refractivity contribution in [2.24, 2.45) is 0 Å². The van der Waals surface area contributed by atoms with E-state index in [4.69, 9.17) is 24.2 Å². The molecular weight excluding hydrogens is 478 g/mol. The zero-order valence-electron chi connectivity index (χ0n) is 21.4. The van der Waals surface area contributed by atoms with Gasteiger partial charge < -0.3 is 19.5 Å². The first-order valence-electron chi connectivity index (χ1n) is 12.1. The van der Waals surface area contributed by atoms with E-state index < -0.39 is 0 Å². The monoisotopic (exact) mass is 505 g/mol. The van der Waals surface area contributed by atoms with Gasteiger partial charge in [-0.3, -0.25) is 4.79 Å². The average molecular weight is 506 g/mol. The summed E-state index contributed by atoms with van der Waals surface area (Å²) in [6, 6.07) is 28.4. The van der Waals surface area contributed by atoms with Crippen LogP contribution in [0.25, 0.3) is 33.5 Å². The van der Waals surface area contributed by atoms with Gasteiger partial charge in [0.1, 0.15) is 17.2 Å². The van der Waals surface area contributed by atoms with Crippen molar-refractivity contribution in [1.29, 1.82) is 0 Å². The lowest BCUT2D eigenvalue weighted by Crippen LogP contribution is -2.22. The minimum Gasteiger partial charge on any atom is -0.497 e. The number of benzene rings is 4. The van der Waals surface area contributed by atoms with Crippen molar-refractivity contribution in [2.45, 2.75) is 6.54 Å². The molecule has 0 saturated carbocycles. The topological polar surface area (TPSA) is 82.6 Å². The SMILES string of the molecule is COc1ccc(CNC(=O)c2ccc3nc(-c4ccc(OC)cc4)c(-c4ccc(OC)cc4)nc3c2)cc1. The van der Waals surface area contributed by atoms with Crippen LogP contribution in [0.4, 0.5) is 0 Å². The van der Waals surface area contributed by atoms with Crippen LogP contribution in [-0.2, 0) is 6.54 Å². The van der Waals surface area contributed by atoms with Crippen LogP contribution >= 0.6 is 0 Å². The standard InChI is InChI=1S/C31H27N3O4/c1-36-24-11-4-20(5-12-24)19-32-31(35)23-10-17-27-28(18-23)34-30(22-8-15-26(38-3)16-9-22)29(33-27)21-6-13-25(37-2)14-7-21/h4-18H,19H2,1-3H3,(H,32,35). The average Bonchev–Trinajstić information content (AvgIpc) is 2.99. The molecule has 38 heavy (non-hydrogen) atoms. The molecule has 7 heteroatoms. The Morgan fingerprint density at radius 2 is 1.11 bits per heavy atom. The van der Waals surface area contributed by atoms with E-state index in [9.17, 15) is 4.79 Å². The summed E-state index contributed by atoms with van der Waals surface area (Å²) >= 11 is 0. The van der Waals surface area contributed by atoms with Gasteiger partial charge in [-0.25, -0.2) is 9.97 Å². The Morgan fingerprint density at radius 3 is 1.61 bits per heavy atom. The molecule has 7 nitrogen and oxygen atoms in total. The molecule has 0 aliphatic carbocycles. The van der Waals surface area contributed by atoms with E-state index in [-0.39, 0.29) is 5.91 Å². The van der Waals surface area contributed by atoms with Crippen molar-refractivity contribution >= 4 is 16.9 Å². The maximum absolute atomic E-state index is 12.9. The fraction of sp³-hybridized carbons (Fsp3) is 0.129. The third kappa shape index (κ3) is 5.27. The van der Waals surface area contributed by atoms with Crippen LogP contribution in [0.3, 0.4) is 0 Å². The Labute approximate surface area is 221 Å². The molecule has 1 N–H and O–H groups in total. The number of amides is 1. The maximum atomic E-state index is 12.9. The fourth-order valence-electron chi connectivity index (χ4n) is 4.12. The molecule has 5 aromatic rings. The van der Waals surface area contributed by atoms with Gasteiger partial charge >= 0.3 is 0 Å². The lowest BCUT2D eigenvalue weighted by molar-refractivity contribution is 0.0951. The van der Waals surface area contributed by atoms with Gasteiger partial charge in [-0.2, -0.15) is 0 Å². The molecular formula is C31H27N3O4. The molecule has 190 valence electrons. The minimum absolute atomic E-state index is 0.185. The number of carbonyl (C=O) groups excluding carboxylic acids is 1. The number of hydrogen-bond acceptors (Lipinski definition) is 6. The Hall–Kier alpha value is -4.91. The number of fused-ring (bicyclic) bond motifs is 1. The highest BCUT2D eigenvalue weighted by atomic mass is 16.5. The summed E-state index contributed by atoms with van der Waals surface area (Å²) in [5, 5.41) is 2.97. The summed E-state index contributed by atoms with van der Waals surface area (Å²) in [6.07, 6.45) is 0. The largest absolute Gasteiger partial charge is 0.497 e. The number of carbonyl (C=O) groups is 1. The molecule has 1 aromatic heterocycles. The summed E-state index contributed by atoms with van der Waals surface area (Å²) in [4.78, 5) is 22.9. The van der Waals surface area contributed by atoms with Crippen LogP contribution in [-0.4, -0.2) is 37.2 Å². The molecule has 0 bridgehead atoms. The van der Waals surface area contributed by atoms with Gasteiger partial charge in [0.2, 0.25) is 0 Å². The number of nitrogens with zero attached hydrogens (tertiary/aromatic N) is 2. The fourth-order valence-corrected chi connectivity index (χ4v) is 4.12. The van der Waals surface area contributed by atoms with E-state index in [0.29, 0.717) is 28.8 Å². The van der Waals surface area contributed by atoms with Crippen molar-refractivity contribution in [2.75, 3.05) is 21.3 Å². The van der Waals surface area contributed by atoms with E-state index in [1.165, 1.54) is 0 Å². The van der Waals surface area contributed by atoms with Gasteiger partial charge in [-0.15, -0.1) is 0 Å². The normalized spacial score (nSPS) is 10.7. The van der Waals surface area contributed by atoms with Crippen LogP contribution in [0.15, 0.2) is 91.0 Å². The zero-order chi connectivity index (χ0) is 26.5. The first kappa shape index (κ1) is 24.8. The smallest absolute Gasteiger partial charge is 0.251 e. The number of hydrogen-bond donors (Lipinski definition) is 1. The van der Waals surface area contributed by atoms with Crippen molar-refractivity contribution in [1.82, 2.24) is 15.3 Å². The highest BCUT2D eigenvalue weighted by molar-refractivity contribution is 5.98. The molecule has 0 fully saturated rings. The molecule has 0 radical (unpaired) electrons. The number of rotatable bonds is 8. The molecule has 0 atom stereocenters. The number of methoxy groups -OCH3 is 3. The van der Waals surface area contributed by atoms with E-state index in [1.807, 2.05) is 78.9 Å². The van der Waals surface area contributed by atoms with Crippen LogP contribution in [0.2, 0.25) is 0 Å². The van der Waals surface area contributed by atoms with Gasteiger partial charge in [-0.05, 0) is 84.4 Å². The summed E-state index contributed by atoms with van der Waals surface area (Å²) < 4.78 is 15.8. The van der Waals surface area contributed by atoms with Gasteiger partial charge in [0.25, 0.3) is 5.91 Å². The molecule has 0 unspecified atom stereocenters. The number of ether oxygens (including phenoxy) is 3. The minimum atomic E-state index is -0.185. The van der Waals surface area contributed by atoms with Gasteiger partial charge in [0, 0.05) is 23.2 Å². The summed E-state index contributed by atoms with van der Waals surface area (Å²) in [6.45, 7) is 0.403. The van der Waals surface area contributed by atoms with E-state index in [2.05, 4.69) is 5.32 Å². The van der Waals surface area contributed by atoms with Gasteiger partial charge in [0.15, 0.2) is 0 Å². The zero-order valence-corrected chi connectivity index (χ0v) is 21.4. The number of nitrogens with one attached hydrogen (secondary N) is 1. The molecule has 5 rings (SSSR count). The van der Waals surface area contributed by atoms with E-state index in [0.717, 1.165) is 39.6 Å². The lowest BCUT2D eigenvalue weighted by atomic mass is 10.0. The second kappa shape index (κ2) is 11.0. The van der Waals surface area contributed by atoms with Crippen molar-refractivity contribution in [3.05, 3.63) is 102 Å². The van der Waals surface area contributed by atoms with Gasteiger partial charge in [-0.1, -0.05) is 12.1 Å². The highest BCUT2D eigenvalue weighted by Crippen LogP contribution is 2.33. The predicted octanol–water partition coefficient (Wildman–Crippen LogP) is 5.92. The highest BCUT2D eigenvalue weighted by Gasteiger charge is 2.15. The van der Waals surface area contributed by atoms with Crippen molar-refractivity contribution < 1.29 is 19.0 Å². The van der Waals surface area contributed by atoms with Crippen LogP contribution in [0, 0.1) is 0 Å². The molecule has 0 saturated heterocycles. The second-order valence-corrected chi connectivity index (χ2v) is 8.61. The molecule has 0 spiro atoms. The molecule has 0 aliphatic heterocycles. The van der Waals surface area contributed by atoms with E-state index in [1.54, 1.807) is 33.5 Å². The third-order valence-electron chi connectivity index (χ3n) is 6.27.